The average Bonchev–Trinajstić information content (AvgIpc) is 2.40. The van der Waals surface area contributed by atoms with Crippen LogP contribution in [0.5, 0.6) is 0 Å². The first kappa shape index (κ1) is 19.6. The maximum absolute atomic E-state index is 6.92. The van der Waals surface area contributed by atoms with E-state index in [9.17, 15) is 0 Å². The summed E-state index contributed by atoms with van der Waals surface area (Å²) in [6.45, 7) is 16.5. The lowest BCUT2D eigenvalue weighted by molar-refractivity contribution is 0.121. The van der Waals surface area contributed by atoms with E-state index in [2.05, 4.69) is 49.4 Å². The summed E-state index contributed by atoms with van der Waals surface area (Å²) in [6.07, 6.45) is 10.4. The Kier molecular flexibility index (Phi) is 9.91. The predicted molar refractivity (Wildman–Crippen MR) is 93.6 cm³/mol. The molecule has 0 aromatic heterocycles. The summed E-state index contributed by atoms with van der Waals surface area (Å²) in [5.74, 6) is 0. The van der Waals surface area contributed by atoms with Crippen LogP contribution in [0.4, 0.5) is 0 Å². The van der Waals surface area contributed by atoms with Crippen LogP contribution in [0.2, 0.25) is 0 Å². The van der Waals surface area contributed by atoms with Crippen LogP contribution >= 0.6 is 8.53 Å². The predicted octanol–water partition coefficient (Wildman–Crippen LogP) is 5.17. The van der Waals surface area contributed by atoms with E-state index in [0.29, 0.717) is 25.2 Å². The lowest BCUT2D eigenvalue weighted by Crippen LogP contribution is -2.34. The Balaban J connectivity index is 2.70. The standard InChI is InChI=1S/C17H31N2O2P/c1-15(2)19(16(3)4)22(20-14-13-18-5)21-17-11-9-7-6-8-10-12-17/h6-7,15-17H,8-14H2,1-4H3/b7-6+/t17-,22?/m0/s1. The van der Waals surface area contributed by atoms with E-state index in [1.54, 1.807) is 0 Å². The van der Waals surface area contributed by atoms with Crippen LogP contribution in [-0.4, -0.2) is 36.0 Å². The van der Waals surface area contributed by atoms with Crippen LogP contribution < -0.4 is 0 Å². The average molecular weight is 326 g/mol. The van der Waals surface area contributed by atoms with Crippen molar-refractivity contribution in [1.29, 1.82) is 0 Å². The van der Waals surface area contributed by atoms with Gasteiger partial charge in [0.05, 0.1) is 6.10 Å². The molecule has 5 heteroatoms. The molecule has 0 spiro atoms. The van der Waals surface area contributed by atoms with Crippen molar-refractivity contribution in [2.75, 3.05) is 13.2 Å². The molecule has 0 saturated carbocycles. The Labute approximate surface area is 137 Å². The maximum atomic E-state index is 6.92. The normalized spacial score (nSPS) is 22.4. The monoisotopic (exact) mass is 326 g/mol. The Morgan fingerprint density at radius 1 is 1.18 bits per heavy atom. The number of hydrogen-bond donors (Lipinski definition) is 0. The molecule has 0 N–H and O–H groups in total. The largest absolute Gasteiger partial charge is 0.319 e. The highest BCUT2D eigenvalue weighted by Crippen LogP contribution is 2.48. The Hall–Kier alpha value is -0.460. The molecule has 0 saturated heterocycles. The van der Waals surface area contributed by atoms with E-state index >= 15 is 0 Å². The van der Waals surface area contributed by atoms with Gasteiger partial charge in [0.15, 0.2) is 0 Å². The number of rotatable bonds is 8. The number of nitrogens with zero attached hydrogens (tertiary/aromatic N) is 2. The first-order valence-electron chi connectivity index (χ1n) is 8.42. The Morgan fingerprint density at radius 2 is 1.86 bits per heavy atom. The third kappa shape index (κ3) is 7.20. The molecule has 1 rings (SSSR count). The lowest BCUT2D eigenvalue weighted by Gasteiger charge is -2.37. The first-order chi connectivity index (χ1) is 10.6. The molecule has 2 atom stereocenters. The molecule has 1 aliphatic rings. The summed E-state index contributed by atoms with van der Waals surface area (Å²) in [6, 6.07) is 0.736. The van der Waals surface area contributed by atoms with Gasteiger partial charge in [-0.25, -0.2) is 11.2 Å². The topological polar surface area (TPSA) is 26.1 Å². The fourth-order valence-electron chi connectivity index (χ4n) is 2.65. The summed E-state index contributed by atoms with van der Waals surface area (Å²) in [7, 11) is -1.09. The van der Waals surface area contributed by atoms with E-state index < -0.39 is 8.53 Å². The van der Waals surface area contributed by atoms with Gasteiger partial charge in [0.1, 0.15) is 6.61 Å². The molecular formula is C17H31N2O2P. The zero-order valence-electron chi connectivity index (χ0n) is 14.5. The van der Waals surface area contributed by atoms with E-state index in [1.807, 2.05) is 0 Å². The van der Waals surface area contributed by atoms with Crippen molar-refractivity contribution >= 4 is 8.53 Å². The zero-order chi connectivity index (χ0) is 16.4. The van der Waals surface area contributed by atoms with Crippen molar-refractivity contribution in [2.45, 2.75) is 78.0 Å². The summed E-state index contributed by atoms with van der Waals surface area (Å²) < 4.78 is 14.7. The van der Waals surface area contributed by atoms with Crippen molar-refractivity contribution in [3.63, 3.8) is 0 Å². The van der Waals surface area contributed by atoms with Crippen LogP contribution in [0.1, 0.15) is 59.8 Å². The Bertz CT molecular complexity index is 358. The molecule has 0 aromatic rings. The van der Waals surface area contributed by atoms with Gasteiger partial charge in [-0.3, -0.25) is 0 Å². The molecule has 0 amide bonds. The van der Waals surface area contributed by atoms with Gasteiger partial charge in [-0.05, 0) is 59.8 Å². The minimum Gasteiger partial charge on any atom is -0.319 e. The van der Waals surface area contributed by atoms with E-state index in [1.165, 1.54) is 6.42 Å². The highest BCUT2D eigenvalue weighted by Gasteiger charge is 2.29. The van der Waals surface area contributed by atoms with Gasteiger partial charge < -0.3 is 13.9 Å². The van der Waals surface area contributed by atoms with E-state index in [0.717, 1.165) is 25.7 Å². The molecule has 0 heterocycles. The quantitative estimate of drug-likeness (QED) is 0.266. The molecule has 1 aliphatic carbocycles. The molecule has 0 aromatic carbocycles. The van der Waals surface area contributed by atoms with Crippen LogP contribution in [-0.2, 0) is 9.05 Å². The molecule has 126 valence electrons. The van der Waals surface area contributed by atoms with Crippen molar-refractivity contribution in [3.8, 4) is 0 Å². The molecule has 0 radical (unpaired) electrons. The molecule has 22 heavy (non-hydrogen) atoms. The second kappa shape index (κ2) is 11.1. The van der Waals surface area contributed by atoms with Crippen molar-refractivity contribution in [1.82, 2.24) is 4.67 Å². The minimum absolute atomic E-state index is 0.268. The fraction of sp³-hybridized carbons (Fsp3) is 0.824. The van der Waals surface area contributed by atoms with Crippen LogP contribution in [0.3, 0.4) is 0 Å². The Morgan fingerprint density at radius 3 is 2.50 bits per heavy atom. The first-order valence-corrected chi connectivity index (χ1v) is 9.55. The molecular weight excluding hydrogens is 295 g/mol. The van der Waals surface area contributed by atoms with Gasteiger partial charge in [0.2, 0.25) is 6.54 Å². The minimum atomic E-state index is -1.09. The SMILES string of the molecule is [C-]#[N+]CCOP(O[C@H]1CC/C=C/CCC1)N(C(C)C)C(C)C. The second-order valence-electron chi connectivity index (χ2n) is 6.23. The second-order valence-corrected chi connectivity index (χ2v) is 7.63. The third-order valence-corrected chi connectivity index (χ3v) is 5.79. The zero-order valence-corrected chi connectivity index (χ0v) is 15.4. The number of hydrogen-bond acceptors (Lipinski definition) is 3. The van der Waals surface area contributed by atoms with Crippen molar-refractivity contribution < 1.29 is 9.05 Å². The summed E-state index contributed by atoms with van der Waals surface area (Å²) in [4.78, 5) is 3.38. The van der Waals surface area contributed by atoms with Gasteiger partial charge in [0.25, 0.3) is 8.53 Å². The summed E-state index contributed by atoms with van der Waals surface area (Å²) in [5, 5.41) is 0. The highest BCUT2D eigenvalue weighted by molar-refractivity contribution is 7.44. The number of allylic oxidation sites excluding steroid dienone is 2. The van der Waals surface area contributed by atoms with Crippen molar-refractivity contribution in [2.24, 2.45) is 0 Å². The third-order valence-electron chi connectivity index (χ3n) is 3.61. The van der Waals surface area contributed by atoms with Gasteiger partial charge in [0, 0.05) is 12.1 Å². The highest BCUT2D eigenvalue weighted by atomic mass is 31.2. The van der Waals surface area contributed by atoms with Crippen LogP contribution in [0.15, 0.2) is 12.2 Å². The van der Waals surface area contributed by atoms with Gasteiger partial charge in [-0.2, -0.15) is 0 Å². The van der Waals surface area contributed by atoms with Gasteiger partial charge >= 0.3 is 0 Å². The van der Waals surface area contributed by atoms with Crippen LogP contribution in [0.25, 0.3) is 4.85 Å². The lowest BCUT2D eigenvalue weighted by atomic mass is 10.0. The molecule has 4 nitrogen and oxygen atoms in total. The smallest absolute Gasteiger partial charge is 0.259 e. The van der Waals surface area contributed by atoms with Crippen LogP contribution in [0, 0.1) is 6.57 Å². The molecule has 0 fully saturated rings. The molecule has 0 aliphatic heterocycles. The fourth-order valence-corrected chi connectivity index (χ4v) is 4.41. The van der Waals surface area contributed by atoms with E-state index in [4.69, 9.17) is 15.6 Å². The van der Waals surface area contributed by atoms with Gasteiger partial charge in [-0.15, -0.1) is 0 Å². The van der Waals surface area contributed by atoms with E-state index in [-0.39, 0.29) is 6.10 Å². The summed E-state index contributed by atoms with van der Waals surface area (Å²) >= 11 is 0. The molecule has 1 unspecified atom stereocenters. The van der Waals surface area contributed by atoms with Gasteiger partial charge in [-0.1, -0.05) is 12.2 Å². The van der Waals surface area contributed by atoms with Crippen molar-refractivity contribution in [3.05, 3.63) is 23.6 Å². The maximum Gasteiger partial charge on any atom is 0.259 e. The summed E-state index contributed by atoms with van der Waals surface area (Å²) in [5.41, 5.74) is 0. The molecule has 0 bridgehead atoms.